The number of hydrogen-bond acceptors (Lipinski definition) is 3. The number of ether oxygens (including phenoxy) is 2. The van der Waals surface area contributed by atoms with Crippen molar-refractivity contribution in [2.75, 3.05) is 6.61 Å². The molecule has 0 saturated heterocycles. The van der Waals surface area contributed by atoms with Gasteiger partial charge in [0.05, 0.1) is 12.2 Å². The van der Waals surface area contributed by atoms with E-state index in [0.29, 0.717) is 18.1 Å². The minimum absolute atomic E-state index is 0.0694. The predicted molar refractivity (Wildman–Crippen MR) is 99.0 cm³/mol. The summed E-state index contributed by atoms with van der Waals surface area (Å²) in [6, 6.07) is 10.1. The van der Waals surface area contributed by atoms with Gasteiger partial charge in [0.2, 0.25) is 0 Å². The molecule has 0 aliphatic heterocycles. The van der Waals surface area contributed by atoms with E-state index in [-0.39, 0.29) is 17.5 Å². The lowest BCUT2D eigenvalue weighted by atomic mass is 9.84. The summed E-state index contributed by atoms with van der Waals surface area (Å²) in [6.07, 6.45) is 0. The lowest BCUT2D eigenvalue weighted by Crippen LogP contribution is -2.41. The van der Waals surface area contributed by atoms with Gasteiger partial charge < -0.3 is 9.47 Å². The molecule has 0 spiro atoms. The first-order valence-electron chi connectivity index (χ1n) is 8.55. The summed E-state index contributed by atoms with van der Waals surface area (Å²) in [6.45, 7) is 18.1. The van der Waals surface area contributed by atoms with Gasteiger partial charge in [-0.2, -0.15) is 0 Å². The van der Waals surface area contributed by atoms with Gasteiger partial charge in [0.25, 0.3) is 0 Å². The molecule has 0 saturated carbocycles. The Kier molecular flexibility index (Phi) is 6.79. The van der Waals surface area contributed by atoms with Crippen molar-refractivity contribution in [2.24, 2.45) is 5.92 Å². The van der Waals surface area contributed by atoms with Crippen LogP contribution in [0.2, 0.25) is 0 Å². The Labute approximate surface area is 147 Å². The number of benzene rings is 1. The van der Waals surface area contributed by atoms with E-state index in [9.17, 15) is 4.79 Å². The molecule has 1 rings (SSSR count). The minimum atomic E-state index is -0.704. The van der Waals surface area contributed by atoms with Gasteiger partial charge in [-0.05, 0) is 46.1 Å². The van der Waals surface area contributed by atoms with Crippen molar-refractivity contribution in [2.45, 2.75) is 65.6 Å². The second-order valence-electron chi connectivity index (χ2n) is 7.81. The second kappa shape index (κ2) is 7.98. The minimum Gasteiger partial charge on any atom is -0.456 e. The Bertz CT molecular complexity index is 556. The predicted octanol–water partition coefficient (Wildman–Crippen LogP) is 5.12. The van der Waals surface area contributed by atoms with Crippen LogP contribution >= 0.6 is 0 Å². The Morgan fingerprint density at radius 3 is 2.08 bits per heavy atom. The summed E-state index contributed by atoms with van der Waals surface area (Å²) in [5.41, 5.74) is 0.543. The van der Waals surface area contributed by atoms with Crippen LogP contribution in [0.15, 0.2) is 42.5 Å². The largest absolute Gasteiger partial charge is 0.456 e. The van der Waals surface area contributed by atoms with Crippen LogP contribution in [-0.2, 0) is 14.3 Å². The third-order valence-electron chi connectivity index (χ3n) is 4.76. The molecule has 0 bridgehead atoms. The summed E-state index contributed by atoms with van der Waals surface area (Å²) < 4.78 is 11.9. The zero-order chi connectivity index (χ0) is 18.5. The number of carbonyl (C=O) groups is 1. The fourth-order valence-corrected chi connectivity index (χ4v) is 2.25. The average molecular weight is 332 g/mol. The molecule has 3 nitrogen and oxygen atoms in total. The quantitative estimate of drug-likeness (QED) is 0.489. The van der Waals surface area contributed by atoms with E-state index in [0.717, 1.165) is 5.56 Å². The molecule has 3 heteroatoms. The maximum absolute atomic E-state index is 12.0. The third-order valence-corrected chi connectivity index (χ3v) is 4.76. The SMILES string of the molecule is C=C(C)C(=O)OC(C)(C)C(COC(C)(C)C(C)C)c1ccccc1. The van der Waals surface area contributed by atoms with Crippen molar-refractivity contribution in [1.82, 2.24) is 0 Å². The van der Waals surface area contributed by atoms with Crippen molar-refractivity contribution in [1.29, 1.82) is 0 Å². The molecule has 0 aliphatic carbocycles. The monoisotopic (exact) mass is 332 g/mol. The maximum Gasteiger partial charge on any atom is 0.333 e. The van der Waals surface area contributed by atoms with Gasteiger partial charge in [-0.15, -0.1) is 0 Å². The molecule has 1 aromatic carbocycles. The van der Waals surface area contributed by atoms with E-state index in [2.05, 4.69) is 34.3 Å². The molecule has 24 heavy (non-hydrogen) atoms. The zero-order valence-electron chi connectivity index (χ0n) is 16.2. The van der Waals surface area contributed by atoms with Crippen LogP contribution in [0.1, 0.15) is 59.9 Å². The number of hydrogen-bond donors (Lipinski definition) is 0. The smallest absolute Gasteiger partial charge is 0.333 e. The van der Waals surface area contributed by atoms with Crippen molar-refractivity contribution >= 4 is 5.97 Å². The fraction of sp³-hybridized carbons (Fsp3) is 0.571. The molecule has 1 unspecified atom stereocenters. The topological polar surface area (TPSA) is 35.5 Å². The molecule has 0 heterocycles. The van der Waals surface area contributed by atoms with Gasteiger partial charge in [0.15, 0.2) is 0 Å². The average Bonchev–Trinajstić information content (AvgIpc) is 2.47. The molecule has 1 atom stereocenters. The third kappa shape index (κ3) is 5.48. The molecule has 0 fully saturated rings. The van der Waals surface area contributed by atoms with Gasteiger partial charge in [-0.1, -0.05) is 50.8 Å². The van der Waals surface area contributed by atoms with Crippen LogP contribution in [0.3, 0.4) is 0 Å². The second-order valence-corrected chi connectivity index (χ2v) is 7.81. The lowest BCUT2D eigenvalue weighted by Gasteiger charge is -2.38. The van der Waals surface area contributed by atoms with Crippen LogP contribution in [0.4, 0.5) is 0 Å². The van der Waals surface area contributed by atoms with Gasteiger partial charge in [-0.3, -0.25) is 0 Å². The molecule has 0 aromatic heterocycles. The van der Waals surface area contributed by atoms with Crippen molar-refractivity contribution in [3.63, 3.8) is 0 Å². The van der Waals surface area contributed by atoms with Gasteiger partial charge in [-0.25, -0.2) is 4.79 Å². The van der Waals surface area contributed by atoms with Gasteiger partial charge in [0.1, 0.15) is 5.60 Å². The van der Waals surface area contributed by atoms with E-state index in [1.807, 2.05) is 44.2 Å². The lowest BCUT2D eigenvalue weighted by molar-refractivity contribution is -0.157. The molecule has 134 valence electrons. The van der Waals surface area contributed by atoms with E-state index in [1.54, 1.807) is 6.92 Å². The molecule has 0 aliphatic rings. The Hall–Kier alpha value is -1.61. The van der Waals surface area contributed by atoms with Crippen molar-refractivity contribution in [3.05, 3.63) is 48.0 Å². The number of rotatable bonds is 8. The summed E-state index contributed by atoms with van der Waals surface area (Å²) in [4.78, 5) is 12.0. The highest BCUT2D eigenvalue weighted by atomic mass is 16.6. The van der Waals surface area contributed by atoms with Crippen LogP contribution in [0, 0.1) is 5.92 Å². The van der Waals surface area contributed by atoms with Gasteiger partial charge in [0, 0.05) is 11.5 Å². The highest BCUT2D eigenvalue weighted by molar-refractivity contribution is 5.87. The normalized spacial score (nSPS) is 13.7. The van der Waals surface area contributed by atoms with Gasteiger partial charge >= 0.3 is 5.97 Å². The highest BCUT2D eigenvalue weighted by Gasteiger charge is 2.37. The van der Waals surface area contributed by atoms with E-state index in [1.165, 1.54) is 0 Å². The Balaban J connectivity index is 3.06. The molecule has 0 radical (unpaired) electrons. The fourth-order valence-electron chi connectivity index (χ4n) is 2.25. The summed E-state index contributed by atoms with van der Waals surface area (Å²) in [7, 11) is 0. The van der Waals surface area contributed by atoms with Crippen LogP contribution in [0.25, 0.3) is 0 Å². The first kappa shape index (κ1) is 20.4. The van der Waals surface area contributed by atoms with Crippen LogP contribution in [-0.4, -0.2) is 23.8 Å². The first-order chi connectivity index (χ1) is 11.0. The maximum atomic E-state index is 12.0. The van der Waals surface area contributed by atoms with E-state index >= 15 is 0 Å². The highest BCUT2D eigenvalue weighted by Crippen LogP contribution is 2.34. The molecule has 1 aromatic rings. The summed E-state index contributed by atoms with van der Waals surface area (Å²) in [5, 5.41) is 0. The van der Waals surface area contributed by atoms with Crippen molar-refractivity contribution < 1.29 is 14.3 Å². The molecule has 0 amide bonds. The van der Waals surface area contributed by atoms with Crippen molar-refractivity contribution in [3.8, 4) is 0 Å². The summed E-state index contributed by atoms with van der Waals surface area (Å²) in [5.74, 6) is -0.0564. The Morgan fingerprint density at radius 2 is 1.62 bits per heavy atom. The molecular weight excluding hydrogens is 300 g/mol. The number of carbonyl (C=O) groups excluding carboxylic acids is 1. The molecule has 0 N–H and O–H groups in total. The zero-order valence-corrected chi connectivity index (χ0v) is 16.2. The number of esters is 1. The standard InChI is InChI=1S/C21H32O3/c1-15(2)19(22)24-21(7,8)18(17-12-10-9-11-13-17)14-23-20(5,6)16(3)4/h9-13,16,18H,1,14H2,2-8H3. The van der Waals surface area contributed by atoms with E-state index in [4.69, 9.17) is 9.47 Å². The summed E-state index contributed by atoms with van der Waals surface area (Å²) >= 11 is 0. The van der Waals surface area contributed by atoms with Crippen LogP contribution < -0.4 is 0 Å². The van der Waals surface area contributed by atoms with Crippen LogP contribution in [0.5, 0.6) is 0 Å². The Morgan fingerprint density at radius 1 is 1.08 bits per heavy atom. The molecular formula is C21H32O3. The first-order valence-corrected chi connectivity index (χ1v) is 8.55. The van der Waals surface area contributed by atoms with E-state index < -0.39 is 5.60 Å².